The number of rotatable bonds is 10. The summed E-state index contributed by atoms with van der Waals surface area (Å²) >= 11 is 1.73. The number of imidazole rings is 1. The van der Waals surface area contributed by atoms with Crippen molar-refractivity contribution in [2.24, 2.45) is 0 Å². The zero-order valence-corrected chi connectivity index (χ0v) is 16.2. The summed E-state index contributed by atoms with van der Waals surface area (Å²) in [6.45, 7) is 6.75. The average Bonchev–Trinajstić information content (AvgIpc) is 3.32. The van der Waals surface area contributed by atoms with Crippen LogP contribution in [0, 0.1) is 0 Å². The van der Waals surface area contributed by atoms with Gasteiger partial charge in [-0.15, -0.1) is 6.58 Å². The summed E-state index contributed by atoms with van der Waals surface area (Å²) in [6, 6.07) is 10.4. The molecule has 0 radical (unpaired) electrons. The van der Waals surface area contributed by atoms with E-state index in [2.05, 4.69) is 47.3 Å². The number of hydrogen-bond acceptors (Lipinski definition) is 4. The Morgan fingerprint density at radius 3 is 2.92 bits per heavy atom. The third-order valence-electron chi connectivity index (χ3n) is 4.72. The molecule has 2 aromatic rings. The van der Waals surface area contributed by atoms with E-state index in [1.54, 1.807) is 18.0 Å². The zero-order valence-electron chi connectivity index (χ0n) is 15.4. The maximum atomic E-state index is 6.58. The van der Waals surface area contributed by atoms with Crippen LogP contribution in [-0.4, -0.2) is 27.4 Å². The normalized spacial score (nSPS) is 23.8. The predicted molar refractivity (Wildman–Crippen MR) is 106 cm³/mol. The molecule has 1 fully saturated rings. The maximum Gasteiger partial charge on any atom is 0.191 e. The predicted octanol–water partition coefficient (Wildman–Crippen LogP) is 5.44. The molecule has 1 saturated heterocycles. The van der Waals surface area contributed by atoms with Crippen molar-refractivity contribution in [3.63, 3.8) is 0 Å². The Labute approximate surface area is 160 Å². The molecule has 3 rings (SSSR count). The van der Waals surface area contributed by atoms with Crippen molar-refractivity contribution >= 4 is 11.8 Å². The van der Waals surface area contributed by atoms with Gasteiger partial charge in [-0.05, 0) is 25.0 Å². The van der Waals surface area contributed by atoms with E-state index < -0.39 is 5.79 Å². The topological polar surface area (TPSA) is 36.3 Å². The van der Waals surface area contributed by atoms with Crippen LogP contribution < -0.4 is 0 Å². The molecule has 0 amide bonds. The van der Waals surface area contributed by atoms with Crippen molar-refractivity contribution in [3.8, 4) is 0 Å². The molecule has 0 saturated carbocycles. The number of aromatic nitrogens is 2. The number of unbranched alkanes of at least 4 members (excludes halogenated alkanes) is 2. The van der Waals surface area contributed by atoms with Gasteiger partial charge in [0, 0.05) is 23.7 Å². The second kappa shape index (κ2) is 9.40. The van der Waals surface area contributed by atoms with Crippen LogP contribution in [0.3, 0.4) is 0 Å². The molecule has 0 aliphatic carbocycles. The monoisotopic (exact) mass is 372 g/mol. The van der Waals surface area contributed by atoms with Gasteiger partial charge in [0.25, 0.3) is 0 Å². The second-order valence-corrected chi connectivity index (χ2v) is 7.84. The quantitative estimate of drug-likeness (QED) is 0.411. The summed E-state index contributed by atoms with van der Waals surface area (Å²) in [5.74, 6) is -0.628. The standard InChI is InChI=1S/C21H28N2O2S/c1-3-5-9-13-21(19(10-4-2)23-15-14-22-17-23)24-16-20(25-21)26-18-11-7-6-8-12-18/h4,6-8,11-12,14-15,17,19-20H,2-3,5,9-10,13,16H2,1H3. The number of benzene rings is 1. The van der Waals surface area contributed by atoms with Crippen LogP contribution in [-0.2, 0) is 9.47 Å². The Hall–Kier alpha value is -1.56. The SMILES string of the molecule is C=CCC(n1ccnc1)C1(CCCCC)OCC(Sc2ccccc2)O1. The van der Waals surface area contributed by atoms with Crippen LogP contribution in [0.15, 0.2) is 66.6 Å². The van der Waals surface area contributed by atoms with Crippen LogP contribution in [0.5, 0.6) is 0 Å². The second-order valence-electron chi connectivity index (χ2n) is 6.61. The van der Waals surface area contributed by atoms with E-state index in [0.29, 0.717) is 6.61 Å². The Bertz CT molecular complexity index is 662. The summed E-state index contributed by atoms with van der Waals surface area (Å²) in [6.07, 6.45) is 12.7. The van der Waals surface area contributed by atoms with Crippen LogP contribution in [0.1, 0.15) is 45.1 Å². The fraction of sp³-hybridized carbons (Fsp3) is 0.476. The molecule has 1 aliphatic heterocycles. The third-order valence-corrected chi connectivity index (χ3v) is 5.76. The van der Waals surface area contributed by atoms with Crippen LogP contribution >= 0.6 is 11.8 Å². The first-order chi connectivity index (χ1) is 12.8. The highest BCUT2D eigenvalue weighted by Crippen LogP contribution is 2.44. The maximum absolute atomic E-state index is 6.58. The summed E-state index contributed by atoms with van der Waals surface area (Å²) in [5.41, 5.74) is -0.00476. The average molecular weight is 373 g/mol. The Morgan fingerprint density at radius 1 is 1.38 bits per heavy atom. The van der Waals surface area contributed by atoms with Gasteiger partial charge in [0.2, 0.25) is 0 Å². The minimum absolute atomic E-state index is 0.00476. The molecule has 26 heavy (non-hydrogen) atoms. The number of hydrogen-bond donors (Lipinski definition) is 0. The van der Waals surface area contributed by atoms with E-state index in [1.165, 1.54) is 17.7 Å². The molecule has 0 N–H and O–H groups in total. The van der Waals surface area contributed by atoms with E-state index >= 15 is 0 Å². The van der Waals surface area contributed by atoms with Crippen LogP contribution in [0.2, 0.25) is 0 Å². The Balaban J connectivity index is 1.79. The molecule has 1 aromatic carbocycles. The third kappa shape index (κ3) is 4.58. The van der Waals surface area contributed by atoms with Gasteiger partial charge in [-0.1, -0.05) is 55.8 Å². The molecule has 4 nitrogen and oxygen atoms in total. The molecule has 3 atom stereocenters. The molecule has 3 unspecified atom stereocenters. The van der Waals surface area contributed by atoms with E-state index in [0.717, 1.165) is 19.3 Å². The fourth-order valence-electron chi connectivity index (χ4n) is 3.44. The number of thioether (sulfide) groups is 1. The molecule has 140 valence electrons. The molecule has 1 aliphatic rings. The van der Waals surface area contributed by atoms with Crippen LogP contribution in [0.4, 0.5) is 0 Å². The van der Waals surface area contributed by atoms with Gasteiger partial charge >= 0.3 is 0 Å². The minimum atomic E-state index is -0.628. The lowest BCUT2D eigenvalue weighted by molar-refractivity contribution is -0.197. The number of nitrogens with zero attached hydrogens (tertiary/aromatic N) is 2. The zero-order chi connectivity index (χ0) is 18.2. The van der Waals surface area contributed by atoms with Crippen molar-refractivity contribution < 1.29 is 9.47 Å². The van der Waals surface area contributed by atoms with E-state index in [-0.39, 0.29) is 11.5 Å². The van der Waals surface area contributed by atoms with Gasteiger partial charge < -0.3 is 14.0 Å². The lowest BCUT2D eigenvalue weighted by atomic mass is 9.96. The van der Waals surface area contributed by atoms with Gasteiger partial charge in [-0.3, -0.25) is 0 Å². The number of ether oxygens (including phenoxy) is 2. The van der Waals surface area contributed by atoms with Crippen LogP contribution in [0.25, 0.3) is 0 Å². The molecule has 0 spiro atoms. The Kier molecular flexibility index (Phi) is 6.94. The van der Waals surface area contributed by atoms with Crippen molar-refractivity contribution in [1.29, 1.82) is 0 Å². The largest absolute Gasteiger partial charge is 0.344 e. The smallest absolute Gasteiger partial charge is 0.191 e. The lowest BCUT2D eigenvalue weighted by Crippen LogP contribution is -2.40. The summed E-state index contributed by atoms with van der Waals surface area (Å²) < 4.78 is 15.1. The minimum Gasteiger partial charge on any atom is -0.344 e. The first-order valence-corrected chi connectivity index (χ1v) is 10.3. The van der Waals surface area contributed by atoms with Gasteiger partial charge in [0.15, 0.2) is 5.79 Å². The van der Waals surface area contributed by atoms with Crippen molar-refractivity contribution in [3.05, 3.63) is 61.7 Å². The lowest BCUT2D eigenvalue weighted by Gasteiger charge is -2.36. The summed E-state index contributed by atoms with van der Waals surface area (Å²) in [5, 5.41) is 0. The van der Waals surface area contributed by atoms with E-state index in [4.69, 9.17) is 9.47 Å². The molecule has 1 aromatic heterocycles. The van der Waals surface area contributed by atoms with Gasteiger partial charge in [-0.25, -0.2) is 4.98 Å². The molecule has 5 heteroatoms. The summed E-state index contributed by atoms with van der Waals surface area (Å²) in [4.78, 5) is 5.43. The Morgan fingerprint density at radius 2 is 2.23 bits per heavy atom. The van der Waals surface area contributed by atoms with Gasteiger partial charge in [0.1, 0.15) is 5.44 Å². The van der Waals surface area contributed by atoms with Gasteiger partial charge in [0.05, 0.1) is 19.0 Å². The molecular formula is C21H28N2O2S. The molecule has 0 bridgehead atoms. The van der Waals surface area contributed by atoms with E-state index in [9.17, 15) is 0 Å². The van der Waals surface area contributed by atoms with E-state index in [1.807, 2.05) is 24.7 Å². The van der Waals surface area contributed by atoms with Gasteiger partial charge in [-0.2, -0.15) is 0 Å². The van der Waals surface area contributed by atoms with Crippen molar-refractivity contribution in [2.45, 2.75) is 61.2 Å². The fourth-order valence-corrected chi connectivity index (χ4v) is 4.41. The first-order valence-electron chi connectivity index (χ1n) is 9.39. The van der Waals surface area contributed by atoms with Crippen molar-refractivity contribution in [2.75, 3.05) is 6.61 Å². The highest BCUT2D eigenvalue weighted by atomic mass is 32.2. The first kappa shape index (κ1) is 19.2. The highest BCUT2D eigenvalue weighted by Gasteiger charge is 2.48. The molecule has 2 heterocycles. The molecular weight excluding hydrogens is 344 g/mol. The highest BCUT2D eigenvalue weighted by molar-refractivity contribution is 7.99. The van der Waals surface area contributed by atoms with Crippen molar-refractivity contribution in [1.82, 2.24) is 9.55 Å². The summed E-state index contributed by atoms with van der Waals surface area (Å²) in [7, 11) is 0. The number of allylic oxidation sites excluding steroid dienone is 1.